The van der Waals surface area contributed by atoms with Crippen LogP contribution >= 0.6 is 15.9 Å². The lowest BCUT2D eigenvalue weighted by molar-refractivity contribution is -0.138. The van der Waals surface area contributed by atoms with Crippen molar-refractivity contribution in [1.29, 1.82) is 0 Å². The maximum atomic E-state index is 13.1. The molecule has 0 aromatic heterocycles. The number of carbonyl (C=O) groups excluding carboxylic acids is 1. The summed E-state index contributed by atoms with van der Waals surface area (Å²) < 4.78 is 6.02. The largest absolute Gasteiger partial charge is 0.481 e. The molecule has 0 aliphatic heterocycles. The zero-order valence-electron chi connectivity index (χ0n) is 16.3. The van der Waals surface area contributed by atoms with Gasteiger partial charge >= 0.3 is 12.1 Å². The van der Waals surface area contributed by atoms with Gasteiger partial charge in [-0.05, 0) is 39.9 Å². The maximum absolute atomic E-state index is 13.1. The molecule has 30 heavy (non-hydrogen) atoms. The number of amides is 1. The van der Waals surface area contributed by atoms with Crippen molar-refractivity contribution >= 4 is 28.0 Å². The predicted octanol–water partition coefficient (Wildman–Crippen LogP) is 5.80. The van der Waals surface area contributed by atoms with E-state index in [0.717, 1.165) is 32.3 Å². The molecule has 3 aromatic rings. The first-order chi connectivity index (χ1) is 14.5. The number of fused-ring (bicyclic) bond motifs is 3. The normalized spacial score (nSPS) is 13.3. The quantitative estimate of drug-likeness (QED) is 0.516. The molecule has 1 N–H and O–H groups in total. The van der Waals surface area contributed by atoms with Crippen molar-refractivity contribution in [3.8, 4) is 11.1 Å². The summed E-state index contributed by atoms with van der Waals surface area (Å²) in [6.07, 6.45) is -0.807. The van der Waals surface area contributed by atoms with Gasteiger partial charge in [-0.25, -0.2) is 4.79 Å². The monoisotopic (exact) mass is 465 g/mol. The predicted molar refractivity (Wildman–Crippen MR) is 117 cm³/mol. The summed E-state index contributed by atoms with van der Waals surface area (Å²) in [5.74, 6) is -0.989. The second-order valence-electron chi connectivity index (χ2n) is 7.12. The van der Waals surface area contributed by atoms with Crippen LogP contribution in [0.2, 0.25) is 0 Å². The molecule has 5 nitrogen and oxygen atoms in total. The molecule has 3 aromatic carbocycles. The lowest BCUT2D eigenvalue weighted by Crippen LogP contribution is -2.39. The number of halogens is 1. The minimum atomic E-state index is -0.989. The van der Waals surface area contributed by atoms with E-state index < -0.39 is 24.1 Å². The standard InChI is InChI=1S/C24H20BrNO4/c1-30-24(29)26(21(14-22(27)28)15-10-12-16(25)13-11-15)23-19-8-4-2-6-17(19)18-7-3-5-9-20(18)23/h2-13,21,23H,14H2,1H3,(H,27,28)/t21-/m1/s1. The summed E-state index contributed by atoms with van der Waals surface area (Å²) in [6, 6.07) is 22.0. The lowest BCUT2D eigenvalue weighted by Gasteiger charge is -2.36. The number of methoxy groups -OCH3 is 1. The van der Waals surface area contributed by atoms with E-state index in [1.807, 2.05) is 72.8 Å². The summed E-state index contributed by atoms with van der Waals surface area (Å²) in [5.41, 5.74) is 4.72. The van der Waals surface area contributed by atoms with Gasteiger partial charge in [0.25, 0.3) is 0 Å². The molecule has 1 amide bonds. The topological polar surface area (TPSA) is 66.8 Å². The number of carboxylic acids is 1. The van der Waals surface area contributed by atoms with Gasteiger partial charge in [-0.15, -0.1) is 0 Å². The summed E-state index contributed by atoms with van der Waals surface area (Å²) >= 11 is 3.41. The zero-order chi connectivity index (χ0) is 21.3. The van der Waals surface area contributed by atoms with E-state index in [1.54, 1.807) is 4.90 Å². The lowest BCUT2D eigenvalue weighted by atomic mass is 9.96. The number of benzene rings is 3. The number of ether oxygens (including phenoxy) is 1. The average molecular weight is 466 g/mol. The third-order valence-electron chi connectivity index (χ3n) is 5.42. The van der Waals surface area contributed by atoms with Crippen molar-refractivity contribution in [2.75, 3.05) is 7.11 Å². The molecule has 152 valence electrons. The number of rotatable bonds is 5. The van der Waals surface area contributed by atoms with Gasteiger partial charge in [0.1, 0.15) is 0 Å². The Morgan fingerprint density at radius 3 is 2.00 bits per heavy atom. The molecule has 1 aliphatic carbocycles. The van der Waals surface area contributed by atoms with E-state index in [9.17, 15) is 14.7 Å². The smallest absolute Gasteiger partial charge is 0.410 e. The minimum absolute atomic E-state index is 0.239. The Kier molecular flexibility index (Phi) is 5.59. The Morgan fingerprint density at radius 1 is 0.967 bits per heavy atom. The fraction of sp³-hybridized carbons (Fsp3) is 0.167. The fourth-order valence-corrected chi connectivity index (χ4v) is 4.44. The molecule has 1 aliphatic rings. The molecule has 0 spiro atoms. The number of hydrogen-bond donors (Lipinski definition) is 1. The van der Waals surface area contributed by atoms with Gasteiger partial charge in [-0.2, -0.15) is 0 Å². The van der Waals surface area contributed by atoms with Crippen LogP contribution in [0.15, 0.2) is 77.3 Å². The highest BCUT2D eigenvalue weighted by atomic mass is 79.9. The van der Waals surface area contributed by atoms with Gasteiger partial charge in [0.2, 0.25) is 0 Å². The van der Waals surface area contributed by atoms with Crippen molar-refractivity contribution in [1.82, 2.24) is 4.90 Å². The third-order valence-corrected chi connectivity index (χ3v) is 5.95. The Morgan fingerprint density at radius 2 is 1.50 bits per heavy atom. The van der Waals surface area contributed by atoms with Gasteiger partial charge in [-0.3, -0.25) is 9.69 Å². The molecule has 1 atom stereocenters. The van der Waals surface area contributed by atoms with Crippen LogP contribution in [0.4, 0.5) is 4.79 Å². The number of aliphatic carboxylic acids is 1. The number of nitrogens with zero attached hydrogens (tertiary/aromatic N) is 1. The van der Waals surface area contributed by atoms with Gasteiger partial charge in [-0.1, -0.05) is 76.6 Å². The van der Waals surface area contributed by atoms with Gasteiger partial charge in [0, 0.05) is 4.47 Å². The molecule has 4 rings (SSSR count). The molecule has 0 radical (unpaired) electrons. The van der Waals surface area contributed by atoms with Crippen molar-refractivity contribution in [2.45, 2.75) is 18.5 Å². The van der Waals surface area contributed by atoms with Gasteiger partial charge < -0.3 is 9.84 Å². The van der Waals surface area contributed by atoms with Crippen LogP contribution in [0.5, 0.6) is 0 Å². The van der Waals surface area contributed by atoms with Gasteiger partial charge in [0.05, 0.1) is 25.6 Å². The third kappa shape index (κ3) is 3.59. The van der Waals surface area contributed by atoms with Gasteiger partial charge in [0.15, 0.2) is 0 Å². The van der Waals surface area contributed by atoms with Crippen LogP contribution in [-0.4, -0.2) is 29.2 Å². The molecule has 0 saturated carbocycles. The molecule has 0 heterocycles. The van der Waals surface area contributed by atoms with Crippen LogP contribution in [-0.2, 0) is 9.53 Å². The summed E-state index contributed by atoms with van der Waals surface area (Å²) in [6.45, 7) is 0. The minimum Gasteiger partial charge on any atom is -0.481 e. The molecule has 0 bridgehead atoms. The van der Waals surface area contributed by atoms with Crippen molar-refractivity contribution < 1.29 is 19.4 Å². The van der Waals surface area contributed by atoms with E-state index in [-0.39, 0.29) is 6.42 Å². The summed E-state index contributed by atoms with van der Waals surface area (Å²) in [7, 11) is 1.32. The van der Waals surface area contributed by atoms with E-state index in [4.69, 9.17) is 4.74 Å². The molecular formula is C24H20BrNO4. The highest BCUT2D eigenvalue weighted by molar-refractivity contribution is 9.10. The zero-order valence-corrected chi connectivity index (χ0v) is 17.9. The first-order valence-electron chi connectivity index (χ1n) is 9.53. The molecule has 0 saturated heterocycles. The van der Waals surface area contributed by atoms with Crippen LogP contribution in [0, 0.1) is 0 Å². The Hall–Kier alpha value is -3.12. The number of carboxylic acid groups (broad SMARTS) is 1. The van der Waals surface area contributed by atoms with Crippen molar-refractivity contribution in [2.24, 2.45) is 0 Å². The Bertz CT molecular complexity index is 1050. The van der Waals surface area contributed by atoms with Crippen molar-refractivity contribution in [3.63, 3.8) is 0 Å². The van der Waals surface area contributed by atoms with Crippen LogP contribution in [0.3, 0.4) is 0 Å². The second kappa shape index (κ2) is 8.32. The number of carbonyl (C=O) groups is 2. The van der Waals surface area contributed by atoms with Crippen LogP contribution in [0.25, 0.3) is 11.1 Å². The highest BCUT2D eigenvalue weighted by Gasteiger charge is 2.40. The number of hydrogen-bond acceptors (Lipinski definition) is 3. The van der Waals surface area contributed by atoms with Crippen LogP contribution in [0.1, 0.15) is 35.2 Å². The Balaban J connectivity index is 1.91. The first-order valence-corrected chi connectivity index (χ1v) is 10.3. The maximum Gasteiger partial charge on any atom is 0.410 e. The van der Waals surface area contributed by atoms with E-state index >= 15 is 0 Å². The average Bonchev–Trinajstić information content (AvgIpc) is 3.08. The van der Waals surface area contributed by atoms with E-state index in [0.29, 0.717) is 0 Å². The fourth-order valence-electron chi connectivity index (χ4n) is 4.17. The molecule has 6 heteroatoms. The molecule has 0 unspecified atom stereocenters. The molecular weight excluding hydrogens is 446 g/mol. The Labute approximate surface area is 183 Å². The summed E-state index contributed by atoms with van der Waals surface area (Å²) in [5, 5.41) is 9.65. The summed E-state index contributed by atoms with van der Waals surface area (Å²) in [4.78, 5) is 26.4. The van der Waals surface area contributed by atoms with Crippen LogP contribution < -0.4 is 0 Å². The SMILES string of the molecule is COC(=O)N(C1c2ccccc2-c2ccccc21)[C@H](CC(=O)O)c1ccc(Br)cc1. The highest BCUT2D eigenvalue weighted by Crippen LogP contribution is 2.49. The first kappa shape index (κ1) is 20.2. The van der Waals surface area contributed by atoms with E-state index in [1.165, 1.54) is 7.11 Å². The second-order valence-corrected chi connectivity index (χ2v) is 8.04. The molecule has 0 fully saturated rings. The van der Waals surface area contributed by atoms with E-state index in [2.05, 4.69) is 15.9 Å². The van der Waals surface area contributed by atoms with Crippen molar-refractivity contribution in [3.05, 3.63) is 94.0 Å².